The Kier molecular flexibility index (Phi) is 3.69. The Balaban J connectivity index is 2.69. The van der Waals surface area contributed by atoms with Crippen molar-refractivity contribution < 1.29 is 14.6 Å². The Bertz CT molecular complexity index is 225. The van der Waals surface area contributed by atoms with Crippen LogP contribution in [0.3, 0.4) is 0 Å². The molecule has 0 heterocycles. The highest BCUT2D eigenvalue weighted by molar-refractivity contribution is 5.77. The molecule has 1 aliphatic carbocycles. The summed E-state index contributed by atoms with van der Waals surface area (Å²) >= 11 is 0. The summed E-state index contributed by atoms with van der Waals surface area (Å²) in [6.45, 7) is 5.93. The highest BCUT2D eigenvalue weighted by atomic mass is 16.5. The van der Waals surface area contributed by atoms with E-state index in [1.54, 1.807) is 6.08 Å². The van der Waals surface area contributed by atoms with Crippen LogP contribution in [0.1, 0.15) is 32.6 Å². The second kappa shape index (κ2) is 4.60. The molecule has 1 aliphatic rings. The van der Waals surface area contributed by atoms with Gasteiger partial charge in [0.2, 0.25) is 0 Å². The van der Waals surface area contributed by atoms with Gasteiger partial charge in [0.1, 0.15) is 0 Å². The molecule has 0 radical (unpaired) electrons. The van der Waals surface area contributed by atoms with Crippen LogP contribution in [0.15, 0.2) is 12.7 Å². The molecule has 1 N–H and O–H groups in total. The van der Waals surface area contributed by atoms with E-state index < -0.39 is 11.6 Å². The predicted molar refractivity (Wildman–Crippen MR) is 54.1 cm³/mol. The van der Waals surface area contributed by atoms with Crippen LogP contribution in [0, 0.1) is 5.92 Å². The monoisotopic (exact) mass is 198 g/mol. The molecule has 0 aromatic rings. The van der Waals surface area contributed by atoms with E-state index in [2.05, 4.69) is 13.5 Å². The number of rotatable bonds is 4. The zero-order valence-corrected chi connectivity index (χ0v) is 8.66. The van der Waals surface area contributed by atoms with Crippen molar-refractivity contribution in [3.63, 3.8) is 0 Å². The SMILES string of the molecule is C=CCOC1(C(=O)O)CCCC(C)C1. The van der Waals surface area contributed by atoms with Gasteiger partial charge in [-0.25, -0.2) is 4.79 Å². The second-order valence-corrected chi connectivity index (χ2v) is 4.10. The molecule has 0 aliphatic heterocycles. The zero-order valence-electron chi connectivity index (χ0n) is 8.66. The smallest absolute Gasteiger partial charge is 0.335 e. The molecule has 0 spiro atoms. The number of ether oxygens (including phenoxy) is 1. The molecule has 3 nitrogen and oxygen atoms in total. The van der Waals surface area contributed by atoms with Crippen molar-refractivity contribution in [1.29, 1.82) is 0 Å². The summed E-state index contributed by atoms with van der Waals surface area (Å²) < 4.78 is 5.43. The van der Waals surface area contributed by atoms with E-state index in [1.807, 2.05) is 0 Å². The van der Waals surface area contributed by atoms with Crippen LogP contribution in [0.2, 0.25) is 0 Å². The summed E-state index contributed by atoms with van der Waals surface area (Å²) in [5.74, 6) is -0.393. The Morgan fingerprint density at radius 1 is 1.79 bits per heavy atom. The maximum absolute atomic E-state index is 11.2. The number of carbonyl (C=O) groups is 1. The van der Waals surface area contributed by atoms with Gasteiger partial charge in [-0.3, -0.25) is 0 Å². The molecule has 0 bridgehead atoms. The first-order chi connectivity index (χ1) is 6.60. The molecule has 2 atom stereocenters. The van der Waals surface area contributed by atoms with Crippen molar-refractivity contribution in [3.8, 4) is 0 Å². The average Bonchev–Trinajstić information content (AvgIpc) is 2.14. The van der Waals surface area contributed by atoms with Gasteiger partial charge in [0.05, 0.1) is 6.61 Å². The van der Waals surface area contributed by atoms with Gasteiger partial charge in [0, 0.05) is 0 Å². The van der Waals surface area contributed by atoms with Crippen molar-refractivity contribution in [2.75, 3.05) is 6.61 Å². The molecule has 1 fully saturated rings. The third-order valence-corrected chi connectivity index (χ3v) is 2.82. The van der Waals surface area contributed by atoms with Gasteiger partial charge in [0.15, 0.2) is 5.60 Å². The molecule has 1 saturated carbocycles. The first kappa shape index (κ1) is 11.2. The highest BCUT2D eigenvalue weighted by Gasteiger charge is 2.42. The Morgan fingerprint density at radius 3 is 3.00 bits per heavy atom. The van der Waals surface area contributed by atoms with E-state index in [4.69, 9.17) is 4.74 Å². The molecular formula is C11H18O3. The lowest BCUT2D eigenvalue weighted by Gasteiger charge is -2.35. The van der Waals surface area contributed by atoms with Crippen molar-refractivity contribution in [1.82, 2.24) is 0 Å². The number of aliphatic carboxylic acids is 1. The van der Waals surface area contributed by atoms with Crippen LogP contribution in [0.25, 0.3) is 0 Å². The largest absolute Gasteiger partial charge is 0.479 e. The summed E-state index contributed by atoms with van der Waals surface area (Å²) in [6.07, 6.45) is 4.89. The van der Waals surface area contributed by atoms with Crippen molar-refractivity contribution in [2.24, 2.45) is 5.92 Å². The first-order valence-corrected chi connectivity index (χ1v) is 5.09. The third-order valence-electron chi connectivity index (χ3n) is 2.82. The van der Waals surface area contributed by atoms with E-state index in [0.717, 1.165) is 12.8 Å². The quantitative estimate of drug-likeness (QED) is 0.704. The molecule has 3 heteroatoms. The van der Waals surface area contributed by atoms with Gasteiger partial charge in [-0.15, -0.1) is 6.58 Å². The molecule has 0 saturated heterocycles. The van der Waals surface area contributed by atoms with Crippen LogP contribution in [0.4, 0.5) is 0 Å². The minimum atomic E-state index is -0.953. The molecule has 14 heavy (non-hydrogen) atoms. The van der Waals surface area contributed by atoms with E-state index in [0.29, 0.717) is 25.4 Å². The summed E-state index contributed by atoms with van der Waals surface area (Å²) in [5.41, 5.74) is -0.953. The fourth-order valence-corrected chi connectivity index (χ4v) is 2.11. The van der Waals surface area contributed by atoms with E-state index >= 15 is 0 Å². The van der Waals surface area contributed by atoms with E-state index in [-0.39, 0.29) is 0 Å². The first-order valence-electron chi connectivity index (χ1n) is 5.09. The van der Waals surface area contributed by atoms with Gasteiger partial charge >= 0.3 is 5.97 Å². The number of carboxylic acids is 1. The van der Waals surface area contributed by atoms with Crippen molar-refractivity contribution in [3.05, 3.63) is 12.7 Å². The lowest BCUT2D eigenvalue weighted by atomic mass is 9.79. The van der Waals surface area contributed by atoms with Gasteiger partial charge in [-0.2, -0.15) is 0 Å². The Morgan fingerprint density at radius 2 is 2.50 bits per heavy atom. The normalized spacial score (nSPS) is 32.5. The van der Waals surface area contributed by atoms with Gasteiger partial charge < -0.3 is 9.84 Å². The molecule has 0 aromatic carbocycles. The maximum Gasteiger partial charge on any atom is 0.335 e. The fourth-order valence-electron chi connectivity index (χ4n) is 2.11. The average molecular weight is 198 g/mol. The number of hydrogen-bond donors (Lipinski definition) is 1. The van der Waals surface area contributed by atoms with E-state index in [9.17, 15) is 9.90 Å². The zero-order chi connectivity index (χ0) is 10.6. The Labute approximate surface area is 84.8 Å². The predicted octanol–water partition coefficient (Wildman–Crippen LogP) is 2.22. The molecule has 80 valence electrons. The minimum Gasteiger partial charge on any atom is -0.479 e. The van der Waals surface area contributed by atoms with Crippen LogP contribution in [-0.2, 0) is 9.53 Å². The lowest BCUT2D eigenvalue weighted by Crippen LogP contribution is -2.45. The van der Waals surface area contributed by atoms with Crippen molar-refractivity contribution >= 4 is 5.97 Å². The second-order valence-electron chi connectivity index (χ2n) is 4.10. The number of hydrogen-bond acceptors (Lipinski definition) is 2. The van der Waals surface area contributed by atoms with E-state index in [1.165, 1.54) is 0 Å². The standard InChI is InChI=1S/C11H18O3/c1-3-7-14-11(10(12)13)6-4-5-9(2)8-11/h3,9H,1,4-8H2,2H3,(H,12,13). The van der Waals surface area contributed by atoms with Crippen LogP contribution >= 0.6 is 0 Å². The molecule has 0 aromatic heterocycles. The minimum absolute atomic E-state index is 0.318. The highest BCUT2D eigenvalue weighted by Crippen LogP contribution is 2.35. The summed E-state index contributed by atoms with van der Waals surface area (Å²) in [7, 11) is 0. The summed E-state index contributed by atoms with van der Waals surface area (Å²) in [5, 5.41) is 9.17. The fraction of sp³-hybridized carbons (Fsp3) is 0.727. The summed E-state index contributed by atoms with van der Waals surface area (Å²) in [6, 6.07) is 0. The molecular weight excluding hydrogens is 180 g/mol. The van der Waals surface area contributed by atoms with Crippen molar-refractivity contribution in [2.45, 2.75) is 38.2 Å². The maximum atomic E-state index is 11.2. The van der Waals surface area contributed by atoms with Gasteiger partial charge in [-0.05, 0) is 25.2 Å². The topological polar surface area (TPSA) is 46.5 Å². The third kappa shape index (κ3) is 2.35. The lowest BCUT2D eigenvalue weighted by molar-refractivity contribution is -0.171. The summed E-state index contributed by atoms with van der Waals surface area (Å²) in [4.78, 5) is 11.2. The molecule has 1 rings (SSSR count). The Hall–Kier alpha value is -0.830. The van der Waals surface area contributed by atoms with Crippen LogP contribution < -0.4 is 0 Å². The molecule has 2 unspecified atom stereocenters. The molecule has 0 amide bonds. The van der Waals surface area contributed by atoms with Crippen LogP contribution in [-0.4, -0.2) is 23.3 Å². The number of carboxylic acid groups (broad SMARTS) is 1. The van der Waals surface area contributed by atoms with Gasteiger partial charge in [0.25, 0.3) is 0 Å². The van der Waals surface area contributed by atoms with Crippen LogP contribution in [0.5, 0.6) is 0 Å². The van der Waals surface area contributed by atoms with Gasteiger partial charge in [-0.1, -0.05) is 19.4 Å².